The van der Waals surface area contributed by atoms with Crippen LogP contribution in [-0.2, 0) is 20.9 Å². The fourth-order valence-corrected chi connectivity index (χ4v) is 2.57. The van der Waals surface area contributed by atoms with Crippen LogP contribution in [0.15, 0.2) is 24.3 Å². The number of amides is 2. The molecule has 1 N–H and O–H groups in total. The molecule has 0 radical (unpaired) electrons. The first-order valence-electron chi connectivity index (χ1n) is 8.72. The number of hydrogen-bond donors (Lipinski definition) is 1. The summed E-state index contributed by atoms with van der Waals surface area (Å²) in [5, 5.41) is 2.74. The van der Waals surface area contributed by atoms with E-state index in [-0.39, 0.29) is 11.8 Å². The Labute approximate surface area is 148 Å². The third-order valence-electron chi connectivity index (χ3n) is 4.07. The van der Waals surface area contributed by atoms with Gasteiger partial charge in [-0.25, -0.2) is 4.79 Å². The number of likely N-dealkylation sites (tertiary alicyclic amines) is 1. The first kappa shape index (κ1) is 19.0. The normalized spacial score (nSPS) is 15.4. The Morgan fingerprint density at radius 1 is 1.20 bits per heavy atom. The summed E-state index contributed by atoms with van der Waals surface area (Å²) in [5.74, 6) is -0.325. The zero-order valence-electron chi connectivity index (χ0n) is 15.1. The van der Waals surface area contributed by atoms with Crippen LogP contribution in [0.5, 0.6) is 0 Å². The average molecular weight is 346 g/mol. The van der Waals surface area contributed by atoms with Crippen molar-refractivity contribution in [1.29, 1.82) is 0 Å². The summed E-state index contributed by atoms with van der Waals surface area (Å²) in [7, 11) is 0. The van der Waals surface area contributed by atoms with Crippen molar-refractivity contribution >= 4 is 17.8 Å². The van der Waals surface area contributed by atoms with E-state index < -0.39 is 12.1 Å². The molecule has 136 valence electrons. The van der Waals surface area contributed by atoms with Crippen LogP contribution < -0.4 is 5.32 Å². The van der Waals surface area contributed by atoms with Crippen molar-refractivity contribution in [3.05, 3.63) is 35.4 Å². The fourth-order valence-electron chi connectivity index (χ4n) is 2.57. The lowest BCUT2D eigenvalue weighted by Gasteiger charge is -2.16. The van der Waals surface area contributed by atoms with Gasteiger partial charge < -0.3 is 15.0 Å². The fraction of sp³-hybridized carbons (Fsp3) is 0.526. The minimum atomic E-state index is -0.840. The highest BCUT2D eigenvalue weighted by Gasteiger charge is 2.21. The van der Waals surface area contributed by atoms with Gasteiger partial charge in [0.1, 0.15) is 0 Å². The maximum atomic E-state index is 12.1. The Bertz CT molecular complexity index is 625. The van der Waals surface area contributed by atoms with Crippen LogP contribution in [0.25, 0.3) is 0 Å². The molecule has 2 rings (SSSR count). The Kier molecular flexibility index (Phi) is 6.56. The van der Waals surface area contributed by atoms with Gasteiger partial charge in [0, 0.05) is 26.1 Å². The predicted octanol–water partition coefficient (Wildman–Crippen LogP) is 2.13. The van der Waals surface area contributed by atoms with Crippen molar-refractivity contribution in [2.45, 2.75) is 46.3 Å². The molecule has 0 unspecified atom stereocenters. The minimum Gasteiger partial charge on any atom is -0.449 e. The van der Waals surface area contributed by atoms with Crippen molar-refractivity contribution in [3.63, 3.8) is 0 Å². The third kappa shape index (κ3) is 5.59. The molecule has 0 aromatic heterocycles. The number of nitrogens with one attached hydrogen (secondary N) is 1. The van der Waals surface area contributed by atoms with Crippen molar-refractivity contribution < 1.29 is 19.1 Å². The van der Waals surface area contributed by atoms with Crippen LogP contribution in [0.4, 0.5) is 0 Å². The van der Waals surface area contributed by atoms with Gasteiger partial charge in [0.25, 0.3) is 5.91 Å². The number of nitrogens with zero attached hydrogens (tertiary/aromatic N) is 1. The van der Waals surface area contributed by atoms with Crippen molar-refractivity contribution in [2.24, 2.45) is 5.92 Å². The maximum absolute atomic E-state index is 12.1. The number of hydrogen-bond acceptors (Lipinski definition) is 4. The van der Waals surface area contributed by atoms with E-state index in [2.05, 4.69) is 5.32 Å². The van der Waals surface area contributed by atoms with Gasteiger partial charge in [-0.1, -0.05) is 26.0 Å². The quantitative estimate of drug-likeness (QED) is 0.768. The minimum absolute atomic E-state index is 0.171. The summed E-state index contributed by atoms with van der Waals surface area (Å²) in [6.45, 7) is 7.43. The standard InChI is InChI=1S/C19H26N2O4/c1-13(2)11-20-18(23)14(3)25-19(24)16-8-6-15(7-9-16)12-21-10-4-5-17(21)22/h6-9,13-14H,4-5,10-12H2,1-3H3,(H,20,23)/t14-/m1/s1. The summed E-state index contributed by atoms with van der Waals surface area (Å²) >= 11 is 0. The molecule has 1 aliphatic heterocycles. The average Bonchev–Trinajstić information content (AvgIpc) is 2.98. The molecular weight excluding hydrogens is 320 g/mol. The molecule has 0 aliphatic carbocycles. The first-order chi connectivity index (χ1) is 11.9. The van der Waals surface area contributed by atoms with Crippen LogP contribution in [0.1, 0.15) is 49.5 Å². The molecule has 25 heavy (non-hydrogen) atoms. The maximum Gasteiger partial charge on any atom is 0.338 e. The number of carbonyl (C=O) groups excluding carboxylic acids is 3. The van der Waals surface area contributed by atoms with Crippen LogP contribution in [-0.4, -0.2) is 41.9 Å². The topological polar surface area (TPSA) is 75.7 Å². The number of rotatable bonds is 7. The van der Waals surface area contributed by atoms with Gasteiger partial charge in [-0.05, 0) is 37.0 Å². The molecule has 1 fully saturated rings. The van der Waals surface area contributed by atoms with Gasteiger partial charge in [0.2, 0.25) is 5.91 Å². The lowest BCUT2D eigenvalue weighted by Crippen LogP contribution is -2.37. The van der Waals surface area contributed by atoms with E-state index in [4.69, 9.17) is 4.74 Å². The smallest absolute Gasteiger partial charge is 0.338 e. The van der Waals surface area contributed by atoms with Gasteiger partial charge in [-0.2, -0.15) is 0 Å². The molecule has 1 saturated heterocycles. The number of esters is 1. The molecule has 1 atom stereocenters. The zero-order chi connectivity index (χ0) is 18.4. The van der Waals surface area contributed by atoms with E-state index in [1.807, 2.05) is 30.9 Å². The molecule has 1 aliphatic rings. The molecule has 0 saturated carbocycles. The SMILES string of the molecule is CC(C)CNC(=O)[C@@H](C)OC(=O)c1ccc(CN2CCCC2=O)cc1. The van der Waals surface area contributed by atoms with E-state index in [9.17, 15) is 14.4 Å². The van der Waals surface area contributed by atoms with E-state index in [1.54, 1.807) is 19.1 Å². The Hall–Kier alpha value is -2.37. The van der Waals surface area contributed by atoms with Gasteiger partial charge in [-0.15, -0.1) is 0 Å². The third-order valence-corrected chi connectivity index (χ3v) is 4.07. The molecule has 0 spiro atoms. The molecule has 1 aromatic rings. The summed E-state index contributed by atoms with van der Waals surface area (Å²) in [4.78, 5) is 37.5. The highest BCUT2D eigenvalue weighted by molar-refractivity contribution is 5.92. The van der Waals surface area contributed by atoms with E-state index in [1.165, 1.54) is 0 Å². The molecule has 6 heteroatoms. The highest BCUT2D eigenvalue weighted by Crippen LogP contribution is 2.15. The van der Waals surface area contributed by atoms with Gasteiger partial charge >= 0.3 is 5.97 Å². The number of ether oxygens (including phenoxy) is 1. The Morgan fingerprint density at radius 3 is 2.44 bits per heavy atom. The predicted molar refractivity (Wildman–Crippen MR) is 93.8 cm³/mol. The zero-order valence-corrected chi connectivity index (χ0v) is 15.1. The monoisotopic (exact) mass is 346 g/mol. The Morgan fingerprint density at radius 2 is 1.88 bits per heavy atom. The second-order valence-corrected chi connectivity index (χ2v) is 6.80. The van der Waals surface area contributed by atoms with Gasteiger partial charge in [-0.3, -0.25) is 9.59 Å². The summed E-state index contributed by atoms with van der Waals surface area (Å²) in [5.41, 5.74) is 1.36. The van der Waals surface area contributed by atoms with Gasteiger partial charge in [0.15, 0.2) is 6.10 Å². The van der Waals surface area contributed by atoms with Crippen LogP contribution in [0, 0.1) is 5.92 Å². The summed E-state index contributed by atoms with van der Waals surface area (Å²) in [6, 6.07) is 6.95. The number of benzene rings is 1. The van der Waals surface area contributed by atoms with Crippen LogP contribution in [0.3, 0.4) is 0 Å². The van der Waals surface area contributed by atoms with Crippen molar-refractivity contribution in [2.75, 3.05) is 13.1 Å². The summed E-state index contributed by atoms with van der Waals surface area (Å²) in [6.07, 6.45) is 0.675. The Balaban J connectivity index is 1.87. The number of carbonyl (C=O) groups is 3. The molecule has 0 bridgehead atoms. The molecule has 6 nitrogen and oxygen atoms in total. The molecule has 1 heterocycles. The van der Waals surface area contributed by atoms with Gasteiger partial charge in [0.05, 0.1) is 5.56 Å². The van der Waals surface area contributed by atoms with E-state index in [0.717, 1.165) is 18.5 Å². The summed E-state index contributed by atoms with van der Waals surface area (Å²) < 4.78 is 5.21. The largest absolute Gasteiger partial charge is 0.449 e. The van der Waals surface area contributed by atoms with E-state index >= 15 is 0 Å². The second-order valence-electron chi connectivity index (χ2n) is 6.80. The molecule has 2 amide bonds. The lowest BCUT2D eigenvalue weighted by molar-refractivity contribution is -0.129. The highest BCUT2D eigenvalue weighted by atomic mass is 16.5. The van der Waals surface area contributed by atoms with Crippen LogP contribution >= 0.6 is 0 Å². The molecule has 1 aromatic carbocycles. The second kappa shape index (κ2) is 8.65. The molecular formula is C19H26N2O4. The first-order valence-corrected chi connectivity index (χ1v) is 8.72. The van der Waals surface area contributed by atoms with E-state index in [0.29, 0.717) is 31.0 Å². The van der Waals surface area contributed by atoms with Crippen molar-refractivity contribution in [1.82, 2.24) is 10.2 Å². The lowest BCUT2D eigenvalue weighted by atomic mass is 10.1. The van der Waals surface area contributed by atoms with Crippen LogP contribution in [0.2, 0.25) is 0 Å². The van der Waals surface area contributed by atoms with Crippen molar-refractivity contribution in [3.8, 4) is 0 Å².